The summed E-state index contributed by atoms with van der Waals surface area (Å²) in [5, 5.41) is 1.13. The van der Waals surface area contributed by atoms with Gasteiger partial charge in [0.2, 0.25) is 0 Å². The van der Waals surface area contributed by atoms with E-state index in [9.17, 15) is 44.7 Å². The average Bonchev–Trinajstić information content (AvgIpc) is 3.14. The Bertz CT molecular complexity index is 930. The van der Waals surface area contributed by atoms with Crippen molar-refractivity contribution in [3.05, 3.63) is 21.1 Å². The Morgan fingerprint density at radius 3 is 1.16 bits per heavy atom. The topological polar surface area (TPSA) is 84.0 Å². The highest BCUT2D eigenvalue weighted by molar-refractivity contribution is 7.16. The minimum Gasteiger partial charge on any atom is -0.296 e. The Kier molecular flexibility index (Phi) is 6.64. The van der Waals surface area contributed by atoms with E-state index >= 15 is 0 Å². The van der Waals surface area contributed by atoms with Gasteiger partial charge in [-0.15, -0.1) is 22.7 Å². The molecule has 178 valence electrons. The number of nitrogens with one attached hydrogen (secondary N) is 2. The maximum atomic E-state index is 14.0. The summed E-state index contributed by atoms with van der Waals surface area (Å²) >= 11 is 1.13. The van der Waals surface area contributed by atoms with Crippen molar-refractivity contribution < 1.29 is 44.7 Å². The second-order valence-electron chi connectivity index (χ2n) is 6.53. The molecule has 0 atom stereocenters. The number of aryl methyl sites for hydroxylation is 4. The minimum atomic E-state index is -6.97. The van der Waals surface area contributed by atoms with Crippen molar-refractivity contribution in [2.24, 2.45) is 0 Å². The highest BCUT2D eigenvalue weighted by atomic mass is 32.1. The molecule has 2 heterocycles. The van der Waals surface area contributed by atoms with Gasteiger partial charge in [0.05, 0.1) is 11.4 Å². The quantitative estimate of drug-likeness (QED) is 0.517. The second kappa shape index (κ2) is 8.20. The van der Waals surface area contributed by atoms with Crippen molar-refractivity contribution in [1.29, 1.82) is 0 Å². The number of carbonyl (C=O) groups excluding carboxylic acids is 2. The number of alkyl halides is 8. The fourth-order valence-corrected chi connectivity index (χ4v) is 3.70. The molecule has 0 aliphatic heterocycles. The number of aromatic nitrogens is 2. The number of hydrogen-bond acceptors (Lipinski definition) is 6. The van der Waals surface area contributed by atoms with Gasteiger partial charge >= 0.3 is 35.5 Å². The predicted molar refractivity (Wildman–Crippen MR) is 100 cm³/mol. The maximum Gasteiger partial charge on any atom is 0.393 e. The van der Waals surface area contributed by atoms with Crippen LogP contribution in [0.2, 0.25) is 0 Å². The van der Waals surface area contributed by atoms with Crippen LogP contribution < -0.4 is 10.6 Å². The van der Waals surface area contributed by atoms with Gasteiger partial charge < -0.3 is 0 Å². The second-order valence-corrected chi connectivity index (χ2v) is 8.93. The summed E-state index contributed by atoms with van der Waals surface area (Å²) in [6, 6.07) is 0. The largest absolute Gasteiger partial charge is 0.393 e. The minimum absolute atomic E-state index is 0.224. The van der Waals surface area contributed by atoms with E-state index in [4.69, 9.17) is 0 Å². The van der Waals surface area contributed by atoms with E-state index in [0.717, 1.165) is 0 Å². The summed E-state index contributed by atoms with van der Waals surface area (Å²) in [4.78, 5) is 31.1. The SMILES string of the molecule is Cc1nc(NC(=O)C(F)(F)C(F)(F)C(F)(F)C(F)(F)C(=O)Nc2nc(C)c(C)s2)sc1C. The lowest BCUT2D eigenvalue weighted by molar-refractivity contribution is -0.345. The molecule has 2 N–H and O–H groups in total. The van der Waals surface area contributed by atoms with Gasteiger partial charge in [-0.2, -0.15) is 35.1 Å². The molecule has 0 unspecified atom stereocenters. The zero-order valence-electron chi connectivity index (χ0n) is 16.6. The number of carbonyl (C=O) groups is 2. The Hall–Kier alpha value is -2.36. The number of halogens is 8. The molecule has 0 radical (unpaired) electrons. The van der Waals surface area contributed by atoms with Crippen molar-refractivity contribution in [2.45, 2.75) is 51.4 Å². The molecule has 0 aliphatic rings. The molecule has 0 aromatic carbocycles. The lowest BCUT2D eigenvalue weighted by Gasteiger charge is -2.35. The first-order valence-electron chi connectivity index (χ1n) is 8.38. The lowest BCUT2D eigenvalue weighted by Crippen LogP contribution is -2.67. The molecule has 2 rings (SSSR count). The number of amides is 2. The molecule has 0 spiro atoms. The Labute approximate surface area is 183 Å². The van der Waals surface area contributed by atoms with E-state index in [0.29, 0.717) is 32.4 Å². The zero-order chi connectivity index (χ0) is 24.9. The van der Waals surface area contributed by atoms with Crippen LogP contribution in [0.4, 0.5) is 45.4 Å². The maximum absolute atomic E-state index is 14.0. The van der Waals surface area contributed by atoms with Crippen molar-refractivity contribution >= 4 is 44.8 Å². The van der Waals surface area contributed by atoms with Gasteiger partial charge in [0.25, 0.3) is 0 Å². The molecule has 0 saturated heterocycles. The van der Waals surface area contributed by atoms with Crippen LogP contribution in [0, 0.1) is 27.7 Å². The molecule has 0 bridgehead atoms. The van der Waals surface area contributed by atoms with E-state index in [1.807, 2.05) is 0 Å². The third-order valence-corrected chi connectivity index (χ3v) is 6.23. The highest BCUT2D eigenvalue weighted by Gasteiger charge is 2.84. The monoisotopic (exact) mass is 510 g/mol. The van der Waals surface area contributed by atoms with Crippen LogP contribution >= 0.6 is 22.7 Å². The van der Waals surface area contributed by atoms with Gasteiger partial charge in [0.15, 0.2) is 10.3 Å². The molecule has 2 aromatic heterocycles. The predicted octanol–water partition coefficient (Wildman–Crippen LogP) is 4.95. The first-order valence-corrected chi connectivity index (χ1v) is 10.0. The van der Waals surface area contributed by atoms with Crippen LogP contribution in [0.15, 0.2) is 0 Å². The summed E-state index contributed by atoms with van der Waals surface area (Å²) in [6.45, 7) is 5.64. The van der Waals surface area contributed by atoms with Gasteiger partial charge in [-0.25, -0.2) is 9.97 Å². The van der Waals surface area contributed by atoms with Gasteiger partial charge in [-0.3, -0.25) is 20.2 Å². The number of rotatable bonds is 7. The standard InChI is InChI=1S/C16H14F8N4O2S2/c1-5-7(3)31-11(25-5)27-9(29)13(17,18)15(21,22)16(23,24)14(19,20)10(30)28-12-26-6(2)8(4)32-12/h1-4H3,(H,25,27,29)(H,26,28,30). The molecular weight excluding hydrogens is 496 g/mol. The van der Waals surface area contributed by atoms with Crippen LogP contribution in [0.3, 0.4) is 0 Å². The fraction of sp³-hybridized carbons (Fsp3) is 0.500. The Morgan fingerprint density at radius 2 is 0.938 bits per heavy atom. The van der Waals surface area contributed by atoms with Crippen LogP contribution in [0.25, 0.3) is 0 Å². The van der Waals surface area contributed by atoms with Crippen LogP contribution in [0.1, 0.15) is 21.1 Å². The van der Waals surface area contributed by atoms with Crippen LogP contribution in [-0.2, 0) is 9.59 Å². The van der Waals surface area contributed by atoms with Gasteiger partial charge in [-0.1, -0.05) is 0 Å². The van der Waals surface area contributed by atoms with Crippen molar-refractivity contribution in [1.82, 2.24) is 9.97 Å². The van der Waals surface area contributed by atoms with Crippen LogP contribution in [0.5, 0.6) is 0 Å². The molecule has 32 heavy (non-hydrogen) atoms. The molecule has 2 amide bonds. The normalized spacial score (nSPS) is 13.2. The number of anilines is 2. The Morgan fingerprint density at radius 1 is 0.656 bits per heavy atom. The molecule has 2 aromatic rings. The molecule has 0 fully saturated rings. The van der Waals surface area contributed by atoms with E-state index in [1.165, 1.54) is 38.3 Å². The average molecular weight is 510 g/mol. The van der Waals surface area contributed by atoms with Gasteiger partial charge in [-0.05, 0) is 27.7 Å². The van der Waals surface area contributed by atoms with Crippen molar-refractivity contribution in [2.75, 3.05) is 10.6 Å². The first-order chi connectivity index (χ1) is 14.4. The van der Waals surface area contributed by atoms with Crippen molar-refractivity contribution in [3.63, 3.8) is 0 Å². The van der Waals surface area contributed by atoms with E-state index < -0.39 is 45.8 Å². The van der Waals surface area contributed by atoms with Gasteiger partial charge in [0.1, 0.15) is 0 Å². The molecule has 6 nitrogen and oxygen atoms in total. The smallest absolute Gasteiger partial charge is 0.296 e. The molecule has 0 saturated carbocycles. The number of nitrogens with zero attached hydrogens (tertiary/aromatic N) is 2. The number of thiazole rings is 2. The summed E-state index contributed by atoms with van der Waals surface area (Å²) < 4.78 is 112. The van der Waals surface area contributed by atoms with Gasteiger partial charge in [0, 0.05) is 9.75 Å². The summed E-state index contributed by atoms with van der Waals surface area (Å²) in [6.07, 6.45) is 0. The van der Waals surface area contributed by atoms with Crippen molar-refractivity contribution in [3.8, 4) is 0 Å². The lowest BCUT2D eigenvalue weighted by atomic mass is 9.97. The van der Waals surface area contributed by atoms with E-state index in [2.05, 4.69) is 9.97 Å². The molecule has 16 heteroatoms. The van der Waals surface area contributed by atoms with Crippen LogP contribution in [-0.4, -0.2) is 45.5 Å². The summed E-state index contributed by atoms with van der Waals surface area (Å²) in [7, 11) is 0. The molecular formula is C16H14F8N4O2S2. The third-order valence-electron chi connectivity index (χ3n) is 4.25. The molecule has 0 aliphatic carbocycles. The summed E-state index contributed by atoms with van der Waals surface area (Å²) in [5.74, 6) is -32.6. The fourth-order valence-electron chi connectivity index (χ4n) is 2.08. The highest BCUT2D eigenvalue weighted by Crippen LogP contribution is 2.53. The first kappa shape index (κ1) is 25.9. The van der Waals surface area contributed by atoms with E-state index in [-0.39, 0.29) is 11.4 Å². The van der Waals surface area contributed by atoms with E-state index in [1.54, 1.807) is 0 Å². The summed E-state index contributed by atoms with van der Waals surface area (Å²) in [5.41, 5.74) is 0.447. The zero-order valence-corrected chi connectivity index (χ0v) is 18.2. The Balaban J connectivity index is 2.32. The third kappa shape index (κ3) is 4.16. The number of hydrogen-bond donors (Lipinski definition) is 2.